The largest absolute Gasteiger partial charge is 0.516 e. The second kappa shape index (κ2) is 7.98. The number of likely N-dealkylation sites (N-methyl/N-ethyl adjacent to an activating group) is 1. The van der Waals surface area contributed by atoms with Gasteiger partial charge < -0.3 is 10.4 Å². The van der Waals surface area contributed by atoms with Crippen molar-refractivity contribution >= 4 is 0 Å². The summed E-state index contributed by atoms with van der Waals surface area (Å²) in [5, 5.41) is 11.2. The van der Waals surface area contributed by atoms with E-state index in [-0.39, 0.29) is 0 Å². The van der Waals surface area contributed by atoms with Crippen molar-refractivity contribution in [3.05, 3.63) is 36.6 Å². The first-order valence-electron chi connectivity index (χ1n) is 3.19. The van der Waals surface area contributed by atoms with Crippen molar-refractivity contribution in [1.29, 1.82) is 0 Å². The Morgan fingerprint density at radius 1 is 1.20 bits per heavy atom. The van der Waals surface area contributed by atoms with Crippen LogP contribution in [-0.2, 0) is 0 Å². The number of rotatable bonds is 4. The highest BCUT2D eigenvalue weighted by Gasteiger charge is 1.65. The van der Waals surface area contributed by atoms with Crippen LogP contribution in [0.25, 0.3) is 0 Å². The van der Waals surface area contributed by atoms with Crippen molar-refractivity contribution in [2.24, 2.45) is 0 Å². The smallest absolute Gasteiger partial charge is 0.0791 e. The minimum absolute atomic E-state index is 0.868. The van der Waals surface area contributed by atoms with E-state index in [1.165, 1.54) is 0 Å². The number of aliphatic hydroxyl groups is 1. The van der Waals surface area contributed by atoms with Gasteiger partial charge in [-0.3, -0.25) is 0 Å². The van der Waals surface area contributed by atoms with Gasteiger partial charge in [-0.05, 0) is 13.1 Å². The van der Waals surface area contributed by atoms with Crippen molar-refractivity contribution in [3.8, 4) is 0 Å². The summed E-state index contributed by atoms with van der Waals surface area (Å²) in [4.78, 5) is 0. The molecule has 0 aromatic heterocycles. The second-order valence-electron chi connectivity index (χ2n) is 1.71. The van der Waals surface area contributed by atoms with Gasteiger partial charge in [-0.2, -0.15) is 0 Å². The highest BCUT2D eigenvalue weighted by molar-refractivity contribution is 5.09. The number of hydrogen-bond acceptors (Lipinski definition) is 2. The van der Waals surface area contributed by atoms with Crippen LogP contribution in [0, 0.1) is 0 Å². The molecule has 2 N–H and O–H groups in total. The highest BCUT2D eigenvalue weighted by Crippen LogP contribution is 1.77. The van der Waals surface area contributed by atoms with E-state index in [9.17, 15) is 0 Å². The highest BCUT2D eigenvalue weighted by atomic mass is 16.2. The second-order valence-corrected chi connectivity index (χ2v) is 1.71. The van der Waals surface area contributed by atoms with Crippen LogP contribution >= 0.6 is 0 Å². The van der Waals surface area contributed by atoms with E-state index in [0.717, 1.165) is 12.8 Å². The quantitative estimate of drug-likeness (QED) is 0.455. The van der Waals surface area contributed by atoms with Crippen LogP contribution in [0.4, 0.5) is 0 Å². The van der Waals surface area contributed by atoms with Crippen molar-refractivity contribution in [2.45, 2.75) is 0 Å². The van der Waals surface area contributed by atoms with Gasteiger partial charge in [-0.1, -0.05) is 24.3 Å². The Labute approximate surface area is 61.6 Å². The molecular weight excluding hydrogens is 126 g/mol. The number of nitrogens with one attached hydrogen (secondary N) is 1. The lowest BCUT2D eigenvalue weighted by Crippen LogP contribution is -2.03. The molecule has 0 rings (SSSR count). The van der Waals surface area contributed by atoms with E-state index >= 15 is 0 Å². The normalized spacial score (nSPS) is 12.5. The monoisotopic (exact) mass is 139 g/mol. The lowest BCUT2D eigenvalue weighted by atomic mass is 10.4. The summed E-state index contributed by atoms with van der Waals surface area (Å²) < 4.78 is 0. The van der Waals surface area contributed by atoms with Crippen molar-refractivity contribution in [1.82, 2.24) is 5.32 Å². The first kappa shape index (κ1) is 8.98. The standard InChI is InChI=1S/C8H13NO/c1-9-7-5-3-2-4-6-8-10/h2-6,8-10H,7H2,1H3/b4-2-,5-3+,8-6+. The Hall–Kier alpha value is -1.02. The van der Waals surface area contributed by atoms with Gasteiger partial charge in [0.2, 0.25) is 0 Å². The molecule has 2 heteroatoms. The van der Waals surface area contributed by atoms with Crippen LogP contribution in [0.15, 0.2) is 36.6 Å². The first-order chi connectivity index (χ1) is 4.91. The molecule has 0 saturated heterocycles. The summed E-state index contributed by atoms with van der Waals surface area (Å²) >= 11 is 0. The Bertz CT molecular complexity index is 136. The van der Waals surface area contributed by atoms with Crippen LogP contribution in [0.1, 0.15) is 0 Å². The fourth-order valence-corrected chi connectivity index (χ4v) is 0.442. The van der Waals surface area contributed by atoms with Gasteiger partial charge in [0.05, 0.1) is 6.26 Å². The molecule has 0 unspecified atom stereocenters. The Morgan fingerprint density at radius 2 is 1.90 bits per heavy atom. The van der Waals surface area contributed by atoms with Crippen LogP contribution in [0.3, 0.4) is 0 Å². The van der Waals surface area contributed by atoms with Gasteiger partial charge >= 0.3 is 0 Å². The van der Waals surface area contributed by atoms with E-state index in [1.807, 2.05) is 25.3 Å². The predicted molar refractivity (Wildman–Crippen MR) is 44.0 cm³/mol. The first-order valence-corrected chi connectivity index (χ1v) is 3.19. The average Bonchev–Trinajstić information content (AvgIpc) is 1.97. The molecule has 0 radical (unpaired) electrons. The van der Waals surface area contributed by atoms with Gasteiger partial charge in [-0.25, -0.2) is 0 Å². The van der Waals surface area contributed by atoms with Crippen LogP contribution in [0.5, 0.6) is 0 Å². The SMILES string of the molecule is CNC/C=C/C=C\C=C\O. The molecule has 0 aliphatic rings. The molecule has 0 aromatic rings. The maximum Gasteiger partial charge on any atom is 0.0791 e. The zero-order valence-electron chi connectivity index (χ0n) is 6.12. The maximum atomic E-state index is 8.20. The van der Waals surface area contributed by atoms with Gasteiger partial charge in [0.15, 0.2) is 0 Å². The summed E-state index contributed by atoms with van der Waals surface area (Å²) in [7, 11) is 1.89. The van der Waals surface area contributed by atoms with Gasteiger partial charge in [0, 0.05) is 6.54 Å². The summed E-state index contributed by atoms with van der Waals surface area (Å²) in [5.74, 6) is 0. The van der Waals surface area contributed by atoms with Gasteiger partial charge in [0.1, 0.15) is 0 Å². The fraction of sp³-hybridized carbons (Fsp3) is 0.250. The molecule has 0 spiro atoms. The van der Waals surface area contributed by atoms with E-state index in [2.05, 4.69) is 5.32 Å². The molecule has 56 valence electrons. The summed E-state index contributed by atoms with van der Waals surface area (Å²) in [6.07, 6.45) is 10.1. The van der Waals surface area contributed by atoms with Crippen molar-refractivity contribution in [2.75, 3.05) is 13.6 Å². The third-order valence-corrected chi connectivity index (χ3v) is 0.877. The zero-order chi connectivity index (χ0) is 7.66. The number of allylic oxidation sites excluding steroid dienone is 4. The van der Waals surface area contributed by atoms with Crippen molar-refractivity contribution in [3.63, 3.8) is 0 Å². The minimum Gasteiger partial charge on any atom is -0.516 e. The van der Waals surface area contributed by atoms with E-state index < -0.39 is 0 Å². The molecule has 0 saturated carbocycles. The summed E-state index contributed by atoms with van der Waals surface area (Å²) in [6, 6.07) is 0. The average molecular weight is 139 g/mol. The van der Waals surface area contributed by atoms with E-state index in [4.69, 9.17) is 5.11 Å². The lowest BCUT2D eigenvalue weighted by Gasteiger charge is -1.83. The molecule has 0 amide bonds. The molecule has 0 fully saturated rings. The Balaban J connectivity index is 3.32. The van der Waals surface area contributed by atoms with Gasteiger partial charge in [-0.15, -0.1) is 0 Å². The Kier molecular flexibility index (Phi) is 7.17. The number of aliphatic hydroxyl groups excluding tert-OH is 1. The molecule has 0 aromatic carbocycles. The molecule has 0 aliphatic heterocycles. The summed E-state index contributed by atoms with van der Waals surface area (Å²) in [6.45, 7) is 0.868. The molecule has 0 bridgehead atoms. The third kappa shape index (κ3) is 6.98. The van der Waals surface area contributed by atoms with E-state index in [0.29, 0.717) is 0 Å². The maximum absolute atomic E-state index is 8.20. The number of hydrogen-bond donors (Lipinski definition) is 2. The third-order valence-electron chi connectivity index (χ3n) is 0.877. The van der Waals surface area contributed by atoms with Crippen LogP contribution in [0.2, 0.25) is 0 Å². The molecule has 0 heterocycles. The van der Waals surface area contributed by atoms with E-state index in [1.54, 1.807) is 12.2 Å². The lowest BCUT2D eigenvalue weighted by molar-refractivity contribution is 0.474. The molecule has 0 atom stereocenters. The zero-order valence-corrected chi connectivity index (χ0v) is 6.12. The summed E-state index contributed by atoms with van der Waals surface area (Å²) in [5.41, 5.74) is 0. The van der Waals surface area contributed by atoms with Crippen LogP contribution in [-0.4, -0.2) is 18.7 Å². The molecule has 0 aliphatic carbocycles. The molecular formula is C8H13NO. The Morgan fingerprint density at radius 3 is 2.50 bits per heavy atom. The molecule has 10 heavy (non-hydrogen) atoms. The fourth-order valence-electron chi connectivity index (χ4n) is 0.442. The van der Waals surface area contributed by atoms with Gasteiger partial charge in [0.25, 0.3) is 0 Å². The van der Waals surface area contributed by atoms with Crippen molar-refractivity contribution < 1.29 is 5.11 Å². The topological polar surface area (TPSA) is 32.3 Å². The minimum atomic E-state index is 0.868. The predicted octanol–water partition coefficient (Wildman–Crippen LogP) is 1.39. The molecule has 2 nitrogen and oxygen atoms in total. The van der Waals surface area contributed by atoms with Crippen LogP contribution < -0.4 is 5.32 Å².